The van der Waals surface area contributed by atoms with Crippen LogP contribution in [0.4, 0.5) is 16.2 Å². The number of nitrogens with zero attached hydrogens (tertiary/aromatic N) is 2. The van der Waals surface area contributed by atoms with Crippen LogP contribution in [0.25, 0.3) is 0 Å². The molecule has 1 fully saturated rings. The molecule has 2 heterocycles. The van der Waals surface area contributed by atoms with Crippen LogP contribution < -0.4 is 20.3 Å². The van der Waals surface area contributed by atoms with Gasteiger partial charge in [0.05, 0.1) is 17.9 Å². The van der Waals surface area contributed by atoms with E-state index in [1.807, 2.05) is 0 Å². The lowest BCUT2D eigenvalue weighted by molar-refractivity contribution is -0.120. The van der Waals surface area contributed by atoms with E-state index in [1.54, 1.807) is 25.2 Å². The molecule has 0 aliphatic carbocycles. The van der Waals surface area contributed by atoms with Gasteiger partial charge in [-0.15, -0.1) is 0 Å². The molecule has 0 aromatic heterocycles. The second kappa shape index (κ2) is 4.68. The highest BCUT2D eigenvalue weighted by Crippen LogP contribution is 2.35. The van der Waals surface area contributed by atoms with Crippen molar-refractivity contribution in [2.75, 3.05) is 36.5 Å². The summed E-state index contributed by atoms with van der Waals surface area (Å²) in [6, 6.07) is 5.25. The van der Waals surface area contributed by atoms with E-state index in [0.717, 1.165) is 0 Å². The summed E-state index contributed by atoms with van der Waals surface area (Å²) in [5, 5.41) is 0. The SMILES string of the molecule is CN1C(=O)COc2cc(N3CC(CN)OC3=O)ccc21. The van der Waals surface area contributed by atoms with E-state index in [1.165, 1.54) is 9.80 Å². The van der Waals surface area contributed by atoms with E-state index in [0.29, 0.717) is 30.2 Å². The van der Waals surface area contributed by atoms with Crippen LogP contribution in [0.1, 0.15) is 0 Å². The van der Waals surface area contributed by atoms with Gasteiger partial charge >= 0.3 is 6.09 Å². The molecule has 7 nitrogen and oxygen atoms in total. The molecule has 2 N–H and O–H groups in total. The first-order chi connectivity index (χ1) is 9.60. The number of benzene rings is 1. The molecule has 0 radical (unpaired) electrons. The zero-order valence-corrected chi connectivity index (χ0v) is 11.0. The monoisotopic (exact) mass is 277 g/mol. The summed E-state index contributed by atoms with van der Waals surface area (Å²) in [6.07, 6.45) is -0.704. The van der Waals surface area contributed by atoms with Gasteiger partial charge in [-0.3, -0.25) is 9.69 Å². The molecule has 7 heteroatoms. The van der Waals surface area contributed by atoms with Crippen molar-refractivity contribution in [2.24, 2.45) is 5.73 Å². The molecule has 20 heavy (non-hydrogen) atoms. The normalized spacial score (nSPS) is 21.6. The van der Waals surface area contributed by atoms with Gasteiger partial charge in [0.2, 0.25) is 0 Å². The van der Waals surface area contributed by atoms with Gasteiger partial charge < -0.3 is 20.1 Å². The number of fused-ring (bicyclic) bond motifs is 1. The fraction of sp³-hybridized carbons (Fsp3) is 0.385. The average Bonchev–Trinajstić information content (AvgIpc) is 2.84. The van der Waals surface area contributed by atoms with Crippen LogP contribution in [-0.4, -0.2) is 44.8 Å². The van der Waals surface area contributed by atoms with E-state index in [2.05, 4.69) is 0 Å². The third-order valence-electron chi connectivity index (χ3n) is 3.48. The highest BCUT2D eigenvalue weighted by atomic mass is 16.6. The van der Waals surface area contributed by atoms with E-state index < -0.39 is 6.09 Å². The van der Waals surface area contributed by atoms with Gasteiger partial charge in [-0.25, -0.2) is 4.79 Å². The number of anilines is 2. The van der Waals surface area contributed by atoms with E-state index in [4.69, 9.17) is 15.2 Å². The Kier molecular flexibility index (Phi) is 2.98. The van der Waals surface area contributed by atoms with Crippen LogP contribution in [0.5, 0.6) is 5.75 Å². The molecule has 106 valence electrons. The molecule has 1 unspecified atom stereocenters. The van der Waals surface area contributed by atoms with Gasteiger partial charge in [0.25, 0.3) is 5.91 Å². The summed E-state index contributed by atoms with van der Waals surface area (Å²) in [6.45, 7) is 0.715. The highest BCUT2D eigenvalue weighted by molar-refractivity contribution is 5.98. The quantitative estimate of drug-likeness (QED) is 0.841. The number of nitrogens with two attached hydrogens (primary N) is 1. The van der Waals surface area contributed by atoms with Crippen LogP contribution >= 0.6 is 0 Å². The summed E-state index contributed by atoms with van der Waals surface area (Å²) >= 11 is 0. The van der Waals surface area contributed by atoms with Crippen LogP contribution in [0, 0.1) is 0 Å². The summed E-state index contributed by atoms with van der Waals surface area (Å²) < 4.78 is 10.5. The van der Waals surface area contributed by atoms with Gasteiger partial charge in [-0.05, 0) is 12.1 Å². The van der Waals surface area contributed by atoms with Gasteiger partial charge in [0.15, 0.2) is 6.61 Å². The fourth-order valence-electron chi connectivity index (χ4n) is 2.29. The third-order valence-corrected chi connectivity index (χ3v) is 3.48. The van der Waals surface area contributed by atoms with E-state index in [-0.39, 0.29) is 18.6 Å². The lowest BCUT2D eigenvalue weighted by Gasteiger charge is -2.27. The standard InChI is InChI=1S/C13H15N3O4/c1-15-10-3-2-8(4-11(10)19-7-12(15)17)16-6-9(5-14)20-13(16)18/h2-4,9H,5-7,14H2,1H3. The van der Waals surface area contributed by atoms with Crippen molar-refractivity contribution in [1.82, 2.24) is 0 Å². The summed E-state index contributed by atoms with van der Waals surface area (Å²) in [5.74, 6) is 0.475. The Labute approximate surface area is 115 Å². The third kappa shape index (κ3) is 1.96. The molecule has 0 saturated carbocycles. The van der Waals surface area contributed by atoms with Crippen molar-refractivity contribution in [1.29, 1.82) is 0 Å². The minimum atomic E-state index is -0.416. The zero-order valence-electron chi connectivity index (χ0n) is 11.0. The first kappa shape index (κ1) is 12.7. The maximum atomic E-state index is 11.8. The second-order valence-electron chi connectivity index (χ2n) is 4.75. The predicted octanol–water partition coefficient (Wildman–Crippen LogP) is 0.326. The van der Waals surface area contributed by atoms with Crippen molar-refractivity contribution in [2.45, 2.75) is 6.10 Å². The van der Waals surface area contributed by atoms with Gasteiger partial charge in [0.1, 0.15) is 11.9 Å². The number of carbonyl (C=O) groups is 2. The van der Waals surface area contributed by atoms with Gasteiger partial charge in [0, 0.05) is 19.7 Å². The number of ether oxygens (including phenoxy) is 2. The molecule has 3 rings (SSSR count). The molecular formula is C13H15N3O4. The van der Waals surface area contributed by atoms with Crippen LogP contribution in [0.2, 0.25) is 0 Å². The lowest BCUT2D eigenvalue weighted by atomic mass is 10.2. The van der Waals surface area contributed by atoms with Crippen LogP contribution in [0.3, 0.4) is 0 Å². The molecule has 2 aliphatic heterocycles. The Balaban J connectivity index is 1.90. The smallest absolute Gasteiger partial charge is 0.414 e. The van der Waals surface area contributed by atoms with Gasteiger partial charge in [-0.2, -0.15) is 0 Å². The Morgan fingerprint density at radius 2 is 2.20 bits per heavy atom. The second-order valence-corrected chi connectivity index (χ2v) is 4.75. The number of rotatable bonds is 2. The van der Waals surface area contributed by atoms with E-state index >= 15 is 0 Å². The van der Waals surface area contributed by atoms with Crippen molar-refractivity contribution >= 4 is 23.4 Å². The number of amides is 2. The van der Waals surface area contributed by atoms with Crippen molar-refractivity contribution in [3.63, 3.8) is 0 Å². The lowest BCUT2D eigenvalue weighted by Crippen LogP contribution is -2.35. The Bertz CT molecular complexity index is 575. The van der Waals surface area contributed by atoms with Crippen LogP contribution in [0.15, 0.2) is 18.2 Å². The summed E-state index contributed by atoms with van der Waals surface area (Å²) in [7, 11) is 1.69. The van der Waals surface area contributed by atoms with Crippen molar-refractivity contribution < 1.29 is 19.1 Å². The molecule has 1 atom stereocenters. The van der Waals surface area contributed by atoms with Crippen molar-refractivity contribution in [3.8, 4) is 5.75 Å². The minimum absolute atomic E-state index is 0.00280. The molecule has 0 bridgehead atoms. The topological polar surface area (TPSA) is 85.1 Å². The average molecular weight is 277 g/mol. The summed E-state index contributed by atoms with van der Waals surface area (Å²) in [4.78, 5) is 26.4. The summed E-state index contributed by atoms with van der Waals surface area (Å²) in [5.41, 5.74) is 6.87. The maximum absolute atomic E-state index is 11.8. The van der Waals surface area contributed by atoms with E-state index in [9.17, 15) is 9.59 Å². The Morgan fingerprint density at radius 3 is 2.90 bits per heavy atom. The van der Waals surface area contributed by atoms with Crippen molar-refractivity contribution in [3.05, 3.63) is 18.2 Å². The predicted molar refractivity (Wildman–Crippen MR) is 72.0 cm³/mol. The first-order valence-corrected chi connectivity index (χ1v) is 6.32. The van der Waals surface area contributed by atoms with Crippen LogP contribution in [-0.2, 0) is 9.53 Å². The number of cyclic esters (lactones) is 1. The number of likely N-dealkylation sites (N-methyl/N-ethyl adjacent to an activating group) is 1. The molecule has 0 spiro atoms. The number of hydrogen-bond acceptors (Lipinski definition) is 5. The highest BCUT2D eigenvalue weighted by Gasteiger charge is 2.32. The maximum Gasteiger partial charge on any atom is 0.414 e. The number of carbonyl (C=O) groups excluding carboxylic acids is 2. The minimum Gasteiger partial charge on any atom is -0.481 e. The van der Waals surface area contributed by atoms with Gasteiger partial charge in [-0.1, -0.05) is 0 Å². The molecule has 2 amide bonds. The first-order valence-electron chi connectivity index (χ1n) is 6.32. The fourth-order valence-corrected chi connectivity index (χ4v) is 2.29. The Hall–Kier alpha value is -2.28. The molecular weight excluding hydrogens is 262 g/mol. The molecule has 2 aliphatic rings. The zero-order chi connectivity index (χ0) is 14.3. The largest absolute Gasteiger partial charge is 0.481 e. The Morgan fingerprint density at radius 1 is 1.40 bits per heavy atom. The molecule has 1 saturated heterocycles. The molecule has 1 aromatic rings. The molecule has 1 aromatic carbocycles. The number of hydrogen-bond donors (Lipinski definition) is 1.